The third kappa shape index (κ3) is 1.19. The molecule has 4 heteroatoms. The lowest BCUT2D eigenvalue weighted by atomic mass is 10.1. The summed E-state index contributed by atoms with van der Waals surface area (Å²) >= 11 is 12.1. The monoisotopic (exact) mass is 226 g/mol. The summed E-state index contributed by atoms with van der Waals surface area (Å²) < 4.78 is 0. The van der Waals surface area contributed by atoms with Crippen LogP contribution in [0, 0.1) is 0 Å². The van der Waals surface area contributed by atoms with Gasteiger partial charge in [0.05, 0.1) is 21.4 Å². The van der Waals surface area contributed by atoms with Gasteiger partial charge in [0.2, 0.25) is 0 Å². The largest absolute Gasteiger partial charge is 0.396 e. The quantitative estimate of drug-likeness (QED) is 0.678. The van der Waals surface area contributed by atoms with Crippen molar-refractivity contribution in [2.24, 2.45) is 0 Å². The Labute approximate surface area is 91.4 Å². The van der Waals surface area contributed by atoms with Gasteiger partial charge in [0.1, 0.15) is 0 Å². The van der Waals surface area contributed by atoms with E-state index in [0.717, 1.165) is 10.8 Å². The Hall–Kier alpha value is -1.12. The van der Waals surface area contributed by atoms with Gasteiger partial charge in [0, 0.05) is 10.8 Å². The van der Waals surface area contributed by atoms with Crippen molar-refractivity contribution in [3.8, 4) is 0 Å². The van der Waals surface area contributed by atoms with E-state index in [4.69, 9.17) is 34.7 Å². The fourth-order valence-electron chi connectivity index (χ4n) is 1.39. The molecule has 0 amide bonds. The van der Waals surface area contributed by atoms with Crippen molar-refractivity contribution in [3.05, 3.63) is 34.3 Å². The average molecular weight is 227 g/mol. The predicted octanol–water partition coefficient (Wildman–Crippen LogP) is 3.31. The maximum atomic E-state index is 6.04. The number of benzene rings is 2. The van der Waals surface area contributed by atoms with E-state index in [-0.39, 0.29) is 0 Å². The van der Waals surface area contributed by atoms with Crippen LogP contribution in [0.25, 0.3) is 10.8 Å². The first-order valence-electron chi connectivity index (χ1n) is 4.03. The van der Waals surface area contributed by atoms with Gasteiger partial charge in [-0.3, -0.25) is 0 Å². The average Bonchev–Trinajstić information content (AvgIpc) is 2.23. The predicted molar refractivity (Wildman–Crippen MR) is 62.8 cm³/mol. The van der Waals surface area contributed by atoms with Crippen LogP contribution in [0.5, 0.6) is 0 Å². The lowest BCUT2D eigenvalue weighted by Crippen LogP contribution is -1.97. The lowest BCUT2D eigenvalue weighted by Gasteiger charge is -2.09. The number of hydrogen-bond acceptors (Lipinski definition) is 2. The molecule has 2 rings (SSSR count). The molecular weight excluding hydrogens is 219 g/mol. The summed E-state index contributed by atoms with van der Waals surface area (Å²) in [5.41, 5.74) is 12.1. The van der Waals surface area contributed by atoms with Crippen molar-refractivity contribution in [3.63, 3.8) is 0 Å². The zero-order chi connectivity index (χ0) is 10.3. The molecule has 0 unspecified atom stereocenters. The molecule has 0 aliphatic rings. The van der Waals surface area contributed by atoms with Crippen LogP contribution in [0.3, 0.4) is 0 Å². The van der Waals surface area contributed by atoms with Crippen molar-refractivity contribution in [2.45, 2.75) is 0 Å². The van der Waals surface area contributed by atoms with Gasteiger partial charge >= 0.3 is 0 Å². The number of nitrogen functional groups attached to an aromatic ring is 2. The number of anilines is 2. The van der Waals surface area contributed by atoms with Crippen LogP contribution in [0.15, 0.2) is 24.3 Å². The van der Waals surface area contributed by atoms with Crippen molar-refractivity contribution >= 4 is 45.3 Å². The normalized spacial score (nSPS) is 10.7. The Balaban J connectivity index is 3.02. The highest BCUT2D eigenvalue weighted by Gasteiger charge is 2.11. The topological polar surface area (TPSA) is 52.0 Å². The van der Waals surface area contributed by atoms with Crippen LogP contribution >= 0.6 is 23.2 Å². The fourth-order valence-corrected chi connectivity index (χ4v) is 1.93. The van der Waals surface area contributed by atoms with Crippen molar-refractivity contribution in [2.75, 3.05) is 11.5 Å². The molecule has 4 N–H and O–H groups in total. The molecule has 14 heavy (non-hydrogen) atoms. The summed E-state index contributed by atoms with van der Waals surface area (Å²) in [6, 6.07) is 7.47. The highest BCUT2D eigenvalue weighted by molar-refractivity contribution is 6.44. The second kappa shape index (κ2) is 3.23. The number of halogens is 2. The molecule has 0 heterocycles. The van der Waals surface area contributed by atoms with Crippen LogP contribution in [-0.4, -0.2) is 0 Å². The molecule has 0 saturated carbocycles. The van der Waals surface area contributed by atoms with E-state index >= 15 is 0 Å². The molecule has 0 fully saturated rings. The van der Waals surface area contributed by atoms with Gasteiger partial charge in [-0.2, -0.15) is 0 Å². The molecule has 2 aromatic rings. The smallest absolute Gasteiger partial charge is 0.0759 e. The fraction of sp³-hybridized carbons (Fsp3) is 0. The summed E-state index contributed by atoms with van der Waals surface area (Å²) in [7, 11) is 0. The van der Waals surface area contributed by atoms with Gasteiger partial charge in [0.15, 0.2) is 0 Å². The Bertz CT molecular complexity index is 462. The molecule has 0 radical (unpaired) electrons. The Morgan fingerprint density at radius 3 is 1.50 bits per heavy atom. The van der Waals surface area contributed by atoms with Crippen LogP contribution in [0.2, 0.25) is 10.0 Å². The summed E-state index contributed by atoms with van der Waals surface area (Å²) in [5.74, 6) is 0. The van der Waals surface area contributed by atoms with Gasteiger partial charge in [-0.05, 0) is 0 Å². The van der Waals surface area contributed by atoms with Gasteiger partial charge in [0.25, 0.3) is 0 Å². The van der Waals surface area contributed by atoms with Crippen LogP contribution in [-0.2, 0) is 0 Å². The van der Waals surface area contributed by atoms with Gasteiger partial charge in [-0.25, -0.2) is 0 Å². The molecule has 2 nitrogen and oxygen atoms in total. The molecular formula is C10H8Cl2N2. The summed E-state index contributed by atoms with van der Waals surface area (Å²) in [6.07, 6.45) is 0. The third-order valence-electron chi connectivity index (χ3n) is 2.16. The number of hydrogen-bond donors (Lipinski definition) is 2. The molecule has 0 atom stereocenters. The highest BCUT2D eigenvalue weighted by atomic mass is 35.5. The maximum absolute atomic E-state index is 6.04. The Morgan fingerprint density at radius 1 is 0.786 bits per heavy atom. The van der Waals surface area contributed by atoms with Gasteiger partial charge in [-0.1, -0.05) is 47.5 Å². The number of rotatable bonds is 0. The zero-order valence-corrected chi connectivity index (χ0v) is 8.73. The molecule has 72 valence electrons. The standard InChI is InChI=1S/C10H8Cl2N2/c11-7-5-3-1-2-4-6(5)8(12)10(14)9(7)13/h1-4H,13-14H2. The summed E-state index contributed by atoms with van der Waals surface area (Å²) in [6.45, 7) is 0. The first-order chi connectivity index (χ1) is 6.63. The van der Waals surface area contributed by atoms with E-state index in [9.17, 15) is 0 Å². The Kier molecular flexibility index (Phi) is 2.17. The lowest BCUT2D eigenvalue weighted by molar-refractivity contribution is 1.70. The van der Waals surface area contributed by atoms with E-state index in [1.165, 1.54) is 0 Å². The van der Waals surface area contributed by atoms with Crippen LogP contribution in [0.4, 0.5) is 11.4 Å². The van der Waals surface area contributed by atoms with E-state index in [1.54, 1.807) is 0 Å². The van der Waals surface area contributed by atoms with E-state index in [0.29, 0.717) is 21.4 Å². The van der Waals surface area contributed by atoms with Crippen molar-refractivity contribution < 1.29 is 0 Å². The maximum Gasteiger partial charge on any atom is 0.0759 e. The van der Waals surface area contributed by atoms with E-state index in [2.05, 4.69) is 0 Å². The second-order valence-corrected chi connectivity index (χ2v) is 3.76. The van der Waals surface area contributed by atoms with E-state index < -0.39 is 0 Å². The van der Waals surface area contributed by atoms with Crippen molar-refractivity contribution in [1.82, 2.24) is 0 Å². The van der Waals surface area contributed by atoms with Gasteiger partial charge in [-0.15, -0.1) is 0 Å². The third-order valence-corrected chi connectivity index (χ3v) is 2.98. The summed E-state index contributed by atoms with van der Waals surface area (Å²) in [4.78, 5) is 0. The SMILES string of the molecule is Nc1c(N)c(Cl)c2ccccc2c1Cl. The van der Waals surface area contributed by atoms with Crippen molar-refractivity contribution in [1.29, 1.82) is 0 Å². The minimum Gasteiger partial charge on any atom is -0.396 e. The van der Waals surface area contributed by atoms with Crippen LogP contribution < -0.4 is 11.5 Å². The minimum absolute atomic E-state index is 0.343. The van der Waals surface area contributed by atoms with E-state index in [1.807, 2.05) is 24.3 Å². The number of fused-ring (bicyclic) bond motifs is 1. The van der Waals surface area contributed by atoms with Crippen LogP contribution in [0.1, 0.15) is 0 Å². The molecule has 0 aromatic heterocycles. The molecule has 2 aromatic carbocycles. The second-order valence-electron chi connectivity index (χ2n) is 3.00. The Morgan fingerprint density at radius 2 is 1.14 bits per heavy atom. The molecule has 0 saturated heterocycles. The zero-order valence-electron chi connectivity index (χ0n) is 7.22. The number of nitrogens with two attached hydrogens (primary N) is 2. The molecule has 0 aliphatic heterocycles. The first-order valence-corrected chi connectivity index (χ1v) is 4.79. The molecule has 0 bridgehead atoms. The van der Waals surface area contributed by atoms with Gasteiger partial charge < -0.3 is 11.5 Å². The first kappa shape index (κ1) is 9.44. The molecule has 0 aliphatic carbocycles. The molecule has 0 spiro atoms. The highest BCUT2D eigenvalue weighted by Crippen LogP contribution is 2.40. The minimum atomic E-state index is 0.343. The summed E-state index contributed by atoms with van der Waals surface area (Å²) in [5, 5.41) is 2.57.